The van der Waals surface area contributed by atoms with Crippen LogP contribution in [0.15, 0.2) is 30.3 Å². The third kappa shape index (κ3) is 4.14. The highest BCUT2D eigenvalue weighted by Crippen LogP contribution is 2.42. The van der Waals surface area contributed by atoms with Crippen molar-refractivity contribution in [1.29, 1.82) is 5.26 Å². The van der Waals surface area contributed by atoms with Crippen LogP contribution in [0.1, 0.15) is 43.4 Å². The van der Waals surface area contributed by atoms with Crippen LogP contribution in [0, 0.1) is 29.5 Å². The summed E-state index contributed by atoms with van der Waals surface area (Å²) in [5, 5.41) is 18.6. The van der Waals surface area contributed by atoms with Crippen LogP contribution in [0.3, 0.4) is 0 Å². The summed E-state index contributed by atoms with van der Waals surface area (Å²) in [6, 6.07) is 9.56. The average molecular weight is 376 g/mol. The number of carbonyl (C=O) groups is 1. The van der Waals surface area contributed by atoms with Crippen LogP contribution >= 0.6 is 11.6 Å². The summed E-state index contributed by atoms with van der Waals surface area (Å²) in [7, 11) is 0. The van der Waals surface area contributed by atoms with Gasteiger partial charge in [0.05, 0.1) is 22.6 Å². The largest absolute Gasteiger partial charge is 0.481 e. The Kier molecular flexibility index (Phi) is 5.58. The molecule has 2 aromatic carbocycles. The molecule has 4 nitrogen and oxygen atoms in total. The molecule has 0 radical (unpaired) electrons. The minimum Gasteiger partial charge on any atom is -0.481 e. The first kappa shape index (κ1) is 19.7. The number of benzene rings is 2. The molecule has 2 rings (SSSR count). The zero-order valence-electron chi connectivity index (χ0n) is 14.9. The Morgan fingerprint density at radius 2 is 1.96 bits per heavy atom. The van der Waals surface area contributed by atoms with Gasteiger partial charge in [-0.15, -0.1) is 0 Å². The number of aryl methyl sites for hydroxylation is 1. The van der Waals surface area contributed by atoms with Gasteiger partial charge in [-0.3, -0.25) is 4.79 Å². The molecule has 26 heavy (non-hydrogen) atoms. The van der Waals surface area contributed by atoms with Gasteiger partial charge in [-0.05, 0) is 42.2 Å². The molecule has 1 unspecified atom stereocenters. The van der Waals surface area contributed by atoms with E-state index in [1.54, 1.807) is 39.8 Å². The molecule has 0 aromatic heterocycles. The predicted molar refractivity (Wildman–Crippen MR) is 97.2 cm³/mol. The maximum atomic E-state index is 15.1. The Morgan fingerprint density at radius 1 is 1.31 bits per heavy atom. The molecule has 0 spiro atoms. The quantitative estimate of drug-likeness (QED) is 0.747. The SMILES string of the molecule is Cc1cc(C#N)cc(Oc2c(Cl)ccc(C(C(=O)O)C(C)(C)C)c2F)c1. The van der Waals surface area contributed by atoms with E-state index in [2.05, 4.69) is 0 Å². The van der Waals surface area contributed by atoms with E-state index in [-0.39, 0.29) is 22.1 Å². The van der Waals surface area contributed by atoms with Gasteiger partial charge in [0.2, 0.25) is 0 Å². The summed E-state index contributed by atoms with van der Waals surface area (Å²) >= 11 is 6.09. The smallest absolute Gasteiger partial charge is 0.311 e. The van der Waals surface area contributed by atoms with Gasteiger partial charge in [-0.2, -0.15) is 5.26 Å². The van der Waals surface area contributed by atoms with E-state index in [9.17, 15) is 9.90 Å². The average Bonchev–Trinajstić information content (AvgIpc) is 2.51. The number of hydrogen-bond acceptors (Lipinski definition) is 3. The molecular weight excluding hydrogens is 357 g/mol. The van der Waals surface area contributed by atoms with E-state index in [0.717, 1.165) is 5.56 Å². The summed E-state index contributed by atoms with van der Waals surface area (Å²) in [4.78, 5) is 11.7. The molecule has 0 bridgehead atoms. The van der Waals surface area contributed by atoms with Gasteiger partial charge in [-0.1, -0.05) is 38.4 Å². The van der Waals surface area contributed by atoms with Crippen molar-refractivity contribution in [1.82, 2.24) is 0 Å². The fraction of sp³-hybridized carbons (Fsp3) is 0.300. The lowest BCUT2D eigenvalue weighted by atomic mass is 9.76. The monoisotopic (exact) mass is 375 g/mol. The van der Waals surface area contributed by atoms with E-state index in [4.69, 9.17) is 21.6 Å². The number of halogens is 2. The number of carboxylic acids is 1. The van der Waals surface area contributed by atoms with Crippen molar-refractivity contribution in [3.8, 4) is 17.6 Å². The first-order chi connectivity index (χ1) is 12.0. The minimum absolute atomic E-state index is 0.00226. The van der Waals surface area contributed by atoms with E-state index in [0.29, 0.717) is 5.56 Å². The van der Waals surface area contributed by atoms with Gasteiger partial charge < -0.3 is 9.84 Å². The maximum Gasteiger partial charge on any atom is 0.311 e. The highest BCUT2D eigenvalue weighted by molar-refractivity contribution is 6.32. The lowest BCUT2D eigenvalue weighted by Gasteiger charge is -2.28. The lowest BCUT2D eigenvalue weighted by Crippen LogP contribution is -2.27. The lowest BCUT2D eigenvalue weighted by molar-refractivity contribution is -0.141. The van der Waals surface area contributed by atoms with Crippen LogP contribution in [0.2, 0.25) is 5.02 Å². The molecule has 0 aliphatic heterocycles. The first-order valence-corrected chi connectivity index (χ1v) is 8.32. The van der Waals surface area contributed by atoms with E-state index >= 15 is 4.39 Å². The van der Waals surface area contributed by atoms with Crippen molar-refractivity contribution in [2.75, 3.05) is 0 Å². The van der Waals surface area contributed by atoms with Crippen LogP contribution in [-0.4, -0.2) is 11.1 Å². The summed E-state index contributed by atoms with van der Waals surface area (Å²) in [5.74, 6) is -3.03. The molecule has 0 amide bonds. The Morgan fingerprint density at radius 3 is 2.50 bits per heavy atom. The normalized spacial score (nSPS) is 12.3. The molecule has 0 saturated heterocycles. The number of carboxylic acid groups (broad SMARTS) is 1. The van der Waals surface area contributed by atoms with Crippen molar-refractivity contribution in [3.05, 3.63) is 57.9 Å². The number of hydrogen-bond donors (Lipinski definition) is 1. The Bertz CT molecular complexity index is 897. The second-order valence-corrected chi connectivity index (χ2v) is 7.57. The second kappa shape index (κ2) is 7.35. The Hall–Kier alpha value is -2.58. The van der Waals surface area contributed by atoms with Crippen molar-refractivity contribution in [2.45, 2.75) is 33.6 Å². The minimum atomic E-state index is -1.13. The topological polar surface area (TPSA) is 70.3 Å². The molecule has 2 aromatic rings. The molecule has 1 atom stereocenters. The molecule has 0 aliphatic carbocycles. The highest BCUT2D eigenvalue weighted by Gasteiger charge is 2.36. The molecular formula is C20H19ClFNO3. The zero-order valence-corrected chi connectivity index (χ0v) is 15.7. The summed E-state index contributed by atoms with van der Waals surface area (Å²) < 4.78 is 20.7. The van der Waals surface area contributed by atoms with Gasteiger partial charge in [0.25, 0.3) is 0 Å². The fourth-order valence-electron chi connectivity index (χ4n) is 2.82. The molecule has 136 valence electrons. The summed E-state index contributed by atoms with van der Waals surface area (Å²) in [5.41, 5.74) is 0.419. The maximum absolute atomic E-state index is 15.1. The molecule has 0 fully saturated rings. The molecule has 0 saturated carbocycles. The van der Waals surface area contributed by atoms with Gasteiger partial charge in [0, 0.05) is 5.56 Å². The van der Waals surface area contributed by atoms with Crippen molar-refractivity contribution in [2.24, 2.45) is 5.41 Å². The molecule has 1 N–H and O–H groups in total. The predicted octanol–water partition coefficient (Wildman–Crippen LogP) is 5.67. The van der Waals surface area contributed by atoms with Crippen molar-refractivity contribution < 1.29 is 19.0 Å². The first-order valence-electron chi connectivity index (χ1n) is 7.95. The number of rotatable bonds is 4. The van der Waals surface area contributed by atoms with E-state index in [1.807, 2.05) is 6.07 Å². The summed E-state index contributed by atoms with van der Waals surface area (Å²) in [6.45, 7) is 6.95. The third-order valence-electron chi connectivity index (χ3n) is 3.90. The van der Waals surface area contributed by atoms with E-state index in [1.165, 1.54) is 18.2 Å². The van der Waals surface area contributed by atoms with Crippen LogP contribution in [0.4, 0.5) is 4.39 Å². The zero-order chi connectivity index (χ0) is 19.6. The number of aliphatic carboxylic acids is 1. The van der Waals surface area contributed by atoms with Gasteiger partial charge >= 0.3 is 5.97 Å². The van der Waals surface area contributed by atoms with Gasteiger partial charge in [0.15, 0.2) is 11.6 Å². The molecule has 6 heteroatoms. The highest BCUT2D eigenvalue weighted by atomic mass is 35.5. The Labute approximate surface area is 156 Å². The van der Waals surface area contributed by atoms with Crippen LogP contribution in [0.5, 0.6) is 11.5 Å². The summed E-state index contributed by atoms with van der Waals surface area (Å²) in [6.07, 6.45) is 0. The van der Waals surface area contributed by atoms with Gasteiger partial charge in [0.1, 0.15) is 5.75 Å². The molecule has 0 heterocycles. The van der Waals surface area contributed by atoms with Gasteiger partial charge in [-0.25, -0.2) is 4.39 Å². The van der Waals surface area contributed by atoms with Crippen molar-refractivity contribution in [3.63, 3.8) is 0 Å². The van der Waals surface area contributed by atoms with Crippen LogP contribution in [-0.2, 0) is 4.79 Å². The Balaban J connectivity index is 2.56. The fourth-order valence-corrected chi connectivity index (χ4v) is 3.01. The van der Waals surface area contributed by atoms with Crippen LogP contribution in [0.25, 0.3) is 0 Å². The molecule has 0 aliphatic rings. The standard InChI is InChI=1S/C20H19ClFNO3/c1-11-7-12(10-23)9-13(8-11)26-18-15(21)6-5-14(17(18)22)16(19(24)25)20(2,3)4/h5-9,16H,1-4H3,(H,24,25). The third-order valence-corrected chi connectivity index (χ3v) is 4.20. The second-order valence-electron chi connectivity index (χ2n) is 7.17. The number of nitriles is 1. The van der Waals surface area contributed by atoms with E-state index < -0.39 is 23.1 Å². The van der Waals surface area contributed by atoms with Crippen molar-refractivity contribution >= 4 is 17.6 Å². The number of nitrogens with zero attached hydrogens (tertiary/aromatic N) is 1. The van der Waals surface area contributed by atoms with Crippen LogP contribution < -0.4 is 4.74 Å². The number of ether oxygens (including phenoxy) is 1.